The Bertz CT molecular complexity index is 659. The zero-order valence-corrected chi connectivity index (χ0v) is 14.0. The molecule has 0 bridgehead atoms. The minimum atomic E-state index is -1.11. The number of hydrogen-bond donors (Lipinski definition) is 3. The van der Waals surface area contributed by atoms with E-state index in [-0.39, 0.29) is 29.7 Å². The number of benzene rings is 1. The fourth-order valence-corrected chi connectivity index (χ4v) is 4.70. The molecular formula is C18H25NO4. The van der Waals surface area contributed by atoms with Gasteiger partial charge in [0.2, 0.25) is 0 Å². The molecule has 1 aromatic rings. The van der Waals surface area contributed by atoms with E-state index >= 15 is 0 Å². The Labute approximate surface area is 136 Å². The number of likely N-dealkylation sites (N-methyl/N-ethyl adjacent to an activating group) is 1. The molecule has 0 amide bonds. The first-order valence-corrected chi connectivity index (χ1v) is 8.19. The third-order valence-electron chi connectivity index (χ3n) is 6.20. The minimum Gasteiger partial charge on any atom is -0.504 e. The summed E-state index contributed by atoms with van der Waals surface area (Å²) in [5.41, 5.74) is -0.622. The number of phenols is 2. The molecular weight excluding hydrogens is 294 g/mol. The monoisotopic (exact) mass is 319 g/mol. The lowest BCUT2D eigenvalue weighted by Crippen LogP contribution is -2.69. The third-order valence-corrected chi connectivity index (χ3v) is 6.20. The van der Waals surface area contributed by atoms with Crippen molar-refractivity contribution in [2.75, 3.05) is 13.6 Å². The zero-order chi connectivity index (χ0) is 17.0. The van der Waals surface area contributed by atoms with E-state index in [9.17, 15) is 20.1 Å². The number of phenolic OH excluding ortho intramolecular Hbond substituents is 2. The Morgan fingerprint density at radius 3 is 2.65 bits per heavy atom. The summed E-state index contributed by atoms with van der Waals surface area (Å²) in [6.45, 7) is 4.55. The van der Waals surface area contributed by atoms with Crippen LogP contribution in [0.1, 0.15) is 43.7 Å². The van der Waals surface area contributed by atoms with Gasteiger partial charge in [0, 0.05) is 29.9 Å². The number of aromatic hydroxyl groups is 2. The number of nitrogens with zero attached hydrogens (tertiary/aromatic N) is 1. The van der Waals surface area contributed by atoms with Gasteiger partial charge in [-0.2, -0.15) is 0 Å². The van der Waals surface area contributed by atoms with Crippen molar-refractivity contribution in [3.8, 4) is 11.5 Å². The quantitative estimate of drug-likeness (QED) is 0.688. The third kappa shape index (κ3) is 2.10. The summed E-state index contributed by atoms with van der Waals surface area (Å²) in [4.78, 5) is 14.4. The van der Waals surface area contributed by atoms with Crippen molar-refractivity contribution in [2.24, 2.45) is 0 Å². The van der Waals surface area contributed by atoms with Gasteiger partial charge in [-0.1, -0.05) is 6.07 Å². The molecule has 3 atom stereocenters. The van der Waals surface area contributed by atoms with E-state index in [1.165, 1.54) is 6.07 Å². The highest BCUT2D eigenvalue weighted by Crippen LogP contribution is 2.56. The van der Waals surface area contributed by atoms with Crippen LogP contribution in [0, 0.1) is 6.92 Å². The van der Waals surface area contributed by atoms with Crippen LogP contribution in [0.2, 0.25) is 0 Å². The normalized spacial score (nSPS) is 35.1. The predicted octanol–water partition coefficient (Wildman–Crippen LogP) is 1.85. The van der Waals surface area contributed by atoms with Gasteiger partial charge in [0.05, 0.1) is 5.60 Å². The Morgan fingerprint density at radius 1 is 1.26 bits per heavy atom. The molecule has 2 fully saturated rings. The molecule has 1 aromatic carbocycles. The molecule has 2 aliphatic rings. The number of hydrogen-bond acceptors (Lipinski definition) is 5. The largest absolute Gasteiger partial charge is 0.504 e. The van der Waals surface area contributed by atoms with Crippen molar-refractivity contribution in [1.29, 1.82) is 0 Å². The number of carbonyl (C=O) groups excluding carboxylic acids is 1. The number of ketones is 1. The average molecular weight is 319 g/mol. The molecule has 1 saturated carbocycles. The number of Topliss-reactive ketones (excluding diaryl/α,β-unsaturated/α-hetero) is 1. The second-order valence-corrected chi connectivity index (χ2v) is 7.25. The highest BCUT2D eigenvalue weighted by molar-refractivity contribution is 5.82. The fraction of sp³-hybridized carbons (Fsp3) is 0.611. The molecule has 23 heavy (non-hydrogen) atoms. The maximum atomic E-state index is 12.3. The number of likely N-dealkylation sites (tertiary alicyclic amines) is 1. The van der Waals surface area contributed by atoms with Gasteiger partial charge < -0.3 is 20.2 Å². The van der Waals surface area contributed by atoms with Crippen LogP contribution in [0.15, 0.2) is 12.1 Å². The average Bonchev–Trinajstić information content (AvgIpc) is 2.50. The second kappa shape index (κ2) is 5.21. The number of piperidine rings is 1. The van der Waals surface area contributed by atoms with Crippen LogP contribution >= 0.6 is 0 Å². The summed E-state index contributed by atoms with van der Waals surface area (Å²) >= 11 is 0. The minimum absolute atomic E-state index is 0.105. The highest BCUT2D eigenvalue weighted by atomic mass is 16.3. The van der Waals surface area contributed by atoms with Gasteiger partial charge in [-0.3, -0.25) is 4.79 Å². The number of fused-ring (bicyclic) bond motifs is 1. The van der Waals surface area contributed by atoms with E-state index in [0.29, 0.717) is 24.8 Å². The lowest BCUT2D eigenvalue weighted by Gasteiger charge is -2.59. The van der Waals surface area contributed by atoms with Gasteiger partial charge in [0.25, 0.3) is 0 Å². The van der Waals surface area contributed by atoms with Gasteiger partial charge in [-0.25, -0.2) is 0 Å². The SMILES string of the molecule is Cc1ccc(O)c(O)c1[C@]12CCN(C)[C@H](C)[C@]1(O)CCC(=O)C2. The molecule has 0 unspecified atom stereocenters. The van der Waals surface area contributed by atoms with Crippen LogP contribution in [0.4, 0.5) is 0 Å². The first-order chi connectivity index (χ1) is 10.7. The Morgan fingerprint density at radius 2 is 1.96 bits per heavy atom. The molecule has 126 valence electrons. The maximum Gasteiger partial charge on any atom is 0.161 e. The van der Waals surface area contributed by atoms with Gasteiger partial charge in [0.15, 0.2) is 11.5 Å². The molecule has 5 nitrogen and oxygen atoms in total. The number of aryl methyl sites for hydroxylation is 1. The van der Waals surface area contributed by atoms with E-state index in [1.807, 2.05) is 20.9 Å². The van der Waals surface area contributed by atoms with E-state index in [1.54, 1.807) is 6.07 Å². The maximum absolute atomic E-state index is 12.3. The van der Waals surface area contributed by atoms with Crippen LogP contribution in [-0.4, -0.2) is 51.2 Å². The highest BCUT2D eigenvalue weighted by Gasteiger charge is 2.61. The molecule has 1 heterocycles. The topological polar surface area (TPSA) is 81.0 Å². The molecule has 1 aliphatic heterocycles. The van der Waals surface area contributed by atoms with Crippen LogP contribution in [0.25, 0.3) is 0 Å². The molecule has 5 heteroatoms. The smallest absolute Gasteiger partial charge is 0.161 e. The van der Waals surface area contributed by atoms with E-state index < -0.39 is 11.0 Å². The molecule has 0 spiro atoms. The van der Waals surface area contributed by atoms with Crippen molar-refractivity contribution in [3.05, 3.63) is 23.3 Å². The van der Waals surface area contributed by atoms with Crippen molar-refractivity contribution < 1.29 is 20.1 Å². The lowest BCUT2D eigenvalue weighted by atomic mass is 9.53. The molecule has 1 saturated heterocycles. The van der Waals surface area contributed by atoms with Crippen LogP contribution in [0.3, 0.4) is 0 Å². The van der Waals surface area contributed by atoms with E-state index in [0.717, 1.165) is 12.1 Å². The molecule has 0 radical (unpaired) electrons. The molecule has 0 aromatic heterocycles. The first kappa shape index (κ1) is 16.3. The predicted molar refractivity (Wildman–Crippen MR) is 86.7 cm³/mol. The summed E-state index contributed by atoms with van der Waals surface area (Å²) in [7, 11) is 1.97. The molecule has 3 N–H and O–H groups in total. The summed E-state index contributed by atoms with van der Waals surface area (Å²) in [6, 6.07) is 3.06. The summed E-state index contributed by atoms with van der Waals surface area (Å²) < 4.78 is 0. The summed E-state index contributed by atoms with van der Waals surface area (Å²) in [5, 5.41) is 32.1. The summed E-state index contributed by atoms with van der Waals surface area (Å²) in [6.07, 6.45) is 1.52. The standard InChI is InChI=1S/C18H25NO4/c1-11-4-5-14(21)16(22)15(11)17-8-9-19(3)12(2)18(17,23)7-6-13(20)10-17/h4-5,12,21-23H,6-10H2,1-3H3/t12-,17-,18-/m1/s1. The molecule has 3 rings (SSSR count). The van der Waals surface area contributed by atoms with E-state index in [2.05, 4.69) is 4.90 Å². The number of aliphatic hydroxyl groups is 1. The van der Waals surface area contributed by atoms with Crippen LogP contribution < -0.4 is 0 Å². The van der Waals surface area contributed by atoms with Crippen molar-refractivity contribution in [3.63, 3.8) is 0 Å². The van der Waals surface area contributed by atoms with Gasteiger partial charge in [0.1, 0.15) is 5.78 Å². The Balaban J connectivity index is 2.27. The summed E-state index contributed by atoms with van der Waals surface area (Å²) in [5.74, 6) is -0.296. The van der Waals surface area contributed by atoms with Crippen molar-refractivity contribution >= 4 is 5.78 Å². The Hall–Kier alpha value is -1.59. The zero-order valence-electron chi connectivity index (χ0n) is 14.0. The van der Waals surface area contributed by atoms with Gasteiger partial charge >= 0.3 is 0 Å². The number of rotatable bonds is 1. The number of carbonyl (C=O) groups is 1. The van der Waals surface area contributed by atoms with Crippen LogP contribution in [0.5, 0.6) is 11.5 Å². The lowest BCUT2D eigenvalue weighted by molar-refractivity contribution is -0.161. The molecule has 1 aliphatic carbocycles. The van der Waals surface area contributed by atoms with E-state index in [4.69, 9.17) is 0 Å². The second-order valence-electron chi connectivity index (χ2n) is 7.25. The van der Waals surface area contributed by atoms with Crippen molar-refractivity contribution in [1.82, 2.24) is 4.90 Å². The van der Waals surface area contributed by atoms with Gasteiger partial charge in [-0.15, -0.1) is 0 Å². The van der Waals surface area contributed by atoms with Crippen LogP contribution in [-0.2, 0) is 10.2 Å². The Kier molecular flexibility index (Phi) is 3.69. The fourth-order valence-electron chi connectivity index (χ4n) is 4.70. The first-order valence-electron chi connectivity index (χ1n) is 8.19. The van der Waals surface area contributed by atoms with Gasteiger partial charge in [-0.05, 0) is 51.9 Å². The van der Waals surface area contributed by atoms with Crippen molar-refractivity contribution in [2.45, 2.75) is 56.6 Å².